The number of aromatic hydroxyl groups is 1. The van der Waals surface area contributed by atoms with Gasteiger partial charge in [0.2, 0.25) is 59.1 Å². The van der Waals surface area contributed by atoms with Gasteiger partial charge in [0.15, 0.2) is 5.96 Å². The minimum atomic E-state index is -1.75. The van der Waals surface area contributed by atoms with E-state index in [1.807, 2.05) is 19.9 Å². The molecule has 89 heavy (non-hydrogen) atoms. The first-order valence-electron chi connectivity index (χ1n) is 29.0. The summed E-state index contributed by atoms with van der Waals surface area (Å²) in [5, 5.41) is 52.7. The Hall–Kier alpha value is -9.65. The number of carbonyl (C=O) groups excluding carboxylic acids is 10. The van der Waals surface area contributed by atoms with Crippen molar-refractivity contribution in [2.45, 2.75) is 153 Å². The number of guanidine groups is 1. The van der Waals surface area contributed by atoms with E-state index >= 15 is 0 Å². The van der Waals surface area contributed by atoms with Crippen LogP contribution in [0.5, 0.6) is 5.75 Å². The summed E-state index contributed by atoms with van der Waals surface area (Å²) in [6, 6.07) is 1.50. The van der Waals surface area contributed by atoms with Crippen molar-refractivity contribution in [2.24, 2.45) is 22.4 Å². The molecule has 2 aromatic heterocycles. The number of rotatable bonds is 30. The summed E-state index contributed by atoms with van der Waals surface area (Å²) in [6.45, 7) is 7.60. The number of likely N-dealkylation sites (tertiary alicyclic amines) is 1. The molecule has 2 aliphatic rings. The number of H-pyrrole nitrogens is 2. The fraction of sp³-hybridized carbons (Fsp3) is 0.500. The van der Waals surface area contributed by atoms with E-state index in [0.29, 0.717) is 41.6 Å². The van der Waals surface area contributed by atoms with E-state index in [1.165, 1.54) is 48.6 Å². The number of aromatic nitrogens is 3. The molecular formula is C58H84N16O15. The van der Waals surface area contributed by atoms with Crippen LogP contribution in [0.1, 0.15) is 96.4 Å². The average molecular weight is 1250 g/mol. The zero-order chi connectivity index (χ0) is 64.6. The third kappa shape index (κ3) is 22.5. The van der Waals surface area contributed by atoms with Gasteiger partial charge in [0, 0.05) is 81.2 Å². The van der Waals surface area contributed by atoms with E-state index in [1.54, 1.807) is 31.3 Å². The molecule has 2 saturated heterocycles. The number of imidazole rings is 1. The summed E-state index contributed by atoms with van der Waals surface area (Å²) < 4.78 is 0. The molecule has 0 unspecified atom stereocenters. The van der Waals surface area contributed by atoms with Crippen LogP contribution in [-0.2, 0) is 72.0 Å². The molecule has 2 aromatic carbocycles. The molecule has 0 aliphatic carbocycles. The Balaban J connectivity index is 0.00000328. The van der Waals surface area contributed by atoms with Crippen molar-refractivity contribution in [1.29, 1.82) is 0 Å². The number of phenolic OH excluding ortho intramolecular Hbond substituents is 1. The second-order valence-corrected chi connectivity index (χ2v) is 21.8. The number of aromatic amines is 2. The number of nitrogens with zero attached hydrogens (tertiary/aromatic N) is 3. The molecule has 486 valence electrons. The van der Waals surface area contributed by atoms with Crippen LogP contribution in [0.25, 0.3) is 10.9 Å². The summed E-state index contributed by atoms with van der Waals surface area (Å²) >= 11 is 0. The predicted molar refractivity (Wildman–Crippen MR) is 323 cm³/mol. The number of para-hydroxylation sites is 1. The topological polar surface area (TPSA) is 500 Å². The van der Waals surface area contributed by atoms with Crippen LogP contribution in [0, 0.1) is 5.92 Å². The molecule has 2 fully saturated rings. The Labute approximate surface area is 513 Å². The van der Waals surface area contributed by atoms with Gasteiger partial charge in [-0.2, -0.15) is 0 Å². The number of nitrogens with two attached hydrogens (primary N) is 2. The number of carboxylic acid groups (broad SMARTS) is 1. The minimum Gasteiger partial charge on any atom is -0.508 e. The van der Waals surface area contributed by atoms with Crippen molar-refractivity contribution in [3.8, 4) is 5.75 Å². The van der Waals surface area contributed by atoms with Gasteiger partial charge >= 0.3 is 0 Å². The number of aliphatic hydroxyl groups is 1. The van der Waals surface area contributed by atoms with Crippen molar-refractivity contribution < 1.29 is 73.5 Å². The number of fused-ring (bicyclic) bond motifs is 1. The molecule has 2 aliphatic heterocycles. The average Bonchev–Trinajstić information content (AvgIpc) is 4.14. The molecule has 31 nitrogen and oxygen atoms in total. The molecule has 0 radical (unpaired) electrons. The van der Waals surface area contributed by atoms with Gasteiger partial charge in [-0.05, 0) is 87.6 Å². The minimum absolute atomic E-state index is 0. The lowest BCUT2D eigenvalue weighted by atomic mass is 10.0. The normalized spacial score (nSPS) is 16.6. The molecule has 4 aromatic rings. The zero-order valence-electron chi connectivity index (χ0n) is 50.4. The molecule has 20 N–H and O–H groups in total. The summed E-state index contributed by atoms with van der Waals surface area (Å²) in [4.78, 5) is 162. The highest BCUT2D eigenvalue weighted by Crippen LogP contribution is 2.22. The van der Waals surface area contributed by atoms with E-state index in [2.05, 4.69) is 67.8 Å². The largest absolute Gasteiger partial charge is 0.508 e. The molecule has 0 saturated carbocycles. The number of benzene rings is 2. The summed E-state index contributed by atoms with van der Waals surface area (Å²) in [5.41, 5.74) is 13.2. The fourth-order valence-corrected chi connectivity index (χ4v) is 9.93. The Morgan fingerprint density at radius 3 is 1.94 bits per heavy atom. The van der Waals surface area contributed by atoms with Gasteiger partial charge in [-0.15, -0.1) is 0 Å². The van der Waals surface area contributed by atoms with Crippen molar-refractivity contribution in [2.75, 3.05) is 26.2 Å². The van der Waals surface area contributed by atoms with Crippen molar-refractivity contribution in [1.82, 2.24) is 67.7 Å². The third-order valence-electron chi connectivity index (χ3n) is 14.3. The Bertz CT molecular complexity index is 3090. The van der Waals surface area contributed by atoms with Crippen molar-refractivity contribution in [3.63, 3.8) is 0 Å². The number of phenols is 1. The molecule has 9 atom stereocenters. The number of carbonyl (C=O) groups is 11. The Morgan fingerprint density at radius 2 is 1.34 bits per heavy atom. The van der Waals surface area contributed by atoms with E-state index in [9.17, 15) is 58.2 Å². The Kier molecular flexibility index (Phi) is 28.4. The van der Waals surface area contributed by atoms with Crippen LogP contribution in [0.4, 0.5) is 0 Å². The van der Waals surface area contributed by atoms with Crippen LogP contribution < -0.4 is 59.3 Å². The van der Waals surface area contributed by atoms with E-state index in [0.717, 1.165) is 12.4 Å². The van der Waals surface area contributed by atoms with Gasteiger partial charge in [-0.3, -0.25) is 57.7 Å². The monoisotopic (exact) mass is 1240 g/mol. The summed E-state index contributed by atoms with van der Waals surface area (Å²) in [5.74, 6) is -8.26. The lowest BCUT2D eigenvalue weighted by Gasteiger charge is -2.30. The molecular weight excluding hydrogens is 1160 g/mol. The highest BCUT2D eigenvalue weighted by Gasteiger charge is 2.39. The molecule has 31 heteroatoms. The molecule has 10 amide bonds. The van der Waals surface area contributed by atoms with E-state index < -0.39 is 114 Å². The van der Waals surface area contributed by atoms with Crippen LogP contribution in [-0.4, -0.2) is 192 Å². The number of amides is 10. The van der Waals surface area contributed by atoms with Gasteiger partial charge in [0.25, 0.3) is 5.97 Å². The second-order valence-electron chi connectivity index (χ2n) is 21.8. The zero-order valence-corrected chi connectivity index (χ0v) is 50.4. The number of likely N-dealkylation sites (N-methyl/N-ethyl adjacent to an activating group) is 1. The van der Waals surface area contributed by atoms with E-state index in [4.69, 9.17) is 21.4 Å². The standard InChI is InChI=1S/C56H78N16O12.C2H4O2.H2O/c1-5-60-54(83)45-13-9-21-72(45)55(84)39(12-8-20-61-56(57)58)66-50(79)40(22-30(2)3)67-47(76)31(4)64-49(78)41(23-32-14-16-35(74)17-15-32)68-53(82)44(28-73)71-51(80)42(24-33-26-62-37-11-7-6-10-36(33)37)69-52(81)43(25-34-27-59-29-63-34)70-48(77)38-18-19-46(75)65-38;1-2(3)4;/h6-7,10-11,14-17,26-27,29-31,38-45,62,73-74H,5,8-9,12-13,18-25,28H2,1-4H3,(H,59,63)(H,60,83)(H,64,78)(H,65,75)(H,66,79)(H,67,76)(H,68,82)(H,69,81)(H,70,77)(H,71,80)(H4,57,58,61);1H3,(H,3,4);1H2/t31-,38+,39+,40+,41+,42+,43+,44+,45+;;/m1../s1. The van der Waals surface area contributed by atoms with Crippen LogP contribution in [0.2, 0.25) is 0 Å². The van der Waals surface area contributed by atoms with Crippen LogP contribution in [0.3, 0.4) is 0 Å². The first-order chi connectivity index (χ1) is 41.9. The van der Waals surface area contributed by atoms with Crippen LogP contribution >= 0.6 is 0 Å². The van der Waals surface area contributed by atoms with Gasteiger partial charge < -0.3 is 95.0 Å². The quantitative estimate of drug-likeness (QED) is 0.0139. The highest BCUT2D eigenvalue weighted by atomic mass is 16.4. The first kappa shape index (κ1) is 71.8. The molecule has 0 spiro atoms. The number of carboxylic acids is 1. The number of nitrogens with one attached hydrogen (secondary N) is 11. The van der Waals surface area contributed by atoms with Gasteiger partial charge in [-0.25, -0.2) is 4.98 Å². The molecule has 6 rings (SSSR count). The van der Waals surface area contributed by atoms with E-state index in [-0.39, 0.29) is 99.4 Å². The van der Waals surface area contributed by atoms with Crippen LogP contribution in [0.15, 0.2) is 72.2 Å². The number of aliphatic carboxylic acids is 1. The van der Waals surface area contributed by atoms with Crippen molar-refractivity contribution >= 4 is 81.9 Å². The first-order valence-corrected chi connectivity index (χ1v) is 29.0. The van der Waals surface area contributed by atoms with Gasteiger partial charge in [0.1, 0.15) is 60.1 Å². The van der Waals surface area contributed by atoms with Gasteiger partial charge in [0.05, 0.1) is 12.9 Å². The van der Waals surface area contributed by atoms with Gasteiger partial charge in [-0.1, -0.05) is 44.2 Å². The number of aliphatic hydroxyl groups excluding tert-OH is 1. The maximum Gasteiger partial charge on any atom is 0.300 e. The maximum atomic E-state index is 14.5. The third-order valence-corrected chi connectivity index (χ3v) is 14.3. The molecule has 4 heterocycles. The highest BCUT2D eigenvalue weighted by molar-refractivity contribution is 5.99. The summed E-state index contributed by atoms with van der Waals surface area (Å²) in [6.07, 6.45) is 5.75. The van der Waals surface area contributed by atoms with Crippen molar-refractivity contribution in [3.05, 3.63) is 84.1 Å². The number of hydrogen-bond donors (Lipinski definition) is 16. The SMILES string of the molecule is CC(=O)O.CCNC(=O)[C@@H]1CCCN1C(=O)[C@H](CCCN=C(N)N)NC(=O)[C@H](CC(C)C)NC(=O)[C@@H](C)NC(=O)[C@H](Cc1ccc(O)cc1)NC(=O)[C@H](CO)NC(=O)[C@H](Cc1c[nH]c2ccccc12)NC(=O)[C@H](Cc1cnc[nH]1)NC(=O)[C@@H]1CCC(=O)N1.O. The lowest BCUT2D eigenvalue weighted by molar-refractivity contribution is -0.142. The fourth-order valence-electron chi connectivity index (χ4n) is 9.93. The number of aliphatic imine (C=N–C) groups is 1. The maximum absolute atomic E-state index is 14.5. The Morgan fingerprint density at radius 1 is 0.742 bits per heavy atom. The predicted octanol–water partition coefficient (Wildman–Crippen LogP) is -3.20. The smallest absolute Gasteiger partial charge is 0.300 e. The summed E-state index contributed by atoms with van der Waals surface area (Å²) in [7, 11) is 0. The number of hydrogen-bond acceptors (Lipinski definition) is 15. The second kappa shape index (κ2) is 35.2. The molecule has 0 bridgehead atoms. The lowest BCUT2D eigenvalue weighted by Crippen LogP contribution is -2.61.